The smallest absolute Gasteiger partial charge is 0.254 e. The molecule has 1 rings (SSSR count). The van der Waals surface area contributed by atoms with Crippen LogP contribution in [0.4, 0.5) is 0 Å². The highest BCUT2D eigenvalue weighted by molar-refractivity contribution is 4.80. The topological polar surface area (TPSA) is 55.6 Å². The highest BCUT2D eigenvalue weighted by Gasteiger charge is 2.42. The summed E-state index contributed by atoms with van der Waals surface area (Å²) in [5.74, 6) is 0. The van der Waals surface area contributed by atoms with Crippen LogP contribution in [0, 0.1) is 10.1 Å². The lowest BCUT2D eigenvalue weighted by Crippen LogP contribution is -2.54. The first-order chi connectivity index (χ1) is 5.58. The highest BCUT2D eigenvalue weighted by atomic mass is 16.6. The number of likely N-dealkylation sites (N-methyl/N-ethyl adjacent to an activating group) is 1. The van der Waals surface area contributed by atoms with Crippen molar-refractivity contribution < 1.29 is 9.66 Å². The minimum atomic E-state index is -0.922. The van der Waals surface area contributed by atoms with Crippen LogP contribution in [0.2, 0.25) is 0 Å². The van der Waals surface area contributed by atoms with Crippen LogP contribution in [-0.4, -0.2) is 41.8 Å². The van der Waals surface area contributed by atoms with E-state index in [1.807, 2.05) is 11.8 Å². The summed E-state index contributed by atoms with van der Waals surface area (Å²) in [5, 5.41) is 10.6. The average Bonchev–Trinajstić information content (AvgIpc) is 2.04. The lowest BCUT2D eigenvalue weighted by molar-refractivity contribution is -0.576. The molecule has 0 aromatic heterocycles. The Hall–Kier alpha value is -0.680. The van der Waals surface area contributed by atoms with Crippen molar-refractivity contribution in [3.05, 3.63) is 10.1 Å². The predicted octanol–water partition coefficient (Wildman–Crippen LogP) is 0.331. The molecule has 0 spiro atoms. The van der Waals surface area contributed by atoms with E-state index in [1.165, 1.54) is 0 Å². The second-order valence-corrected chi connectivity index (χ2v) is 3.38. The van der Waals surface area contributed by atoms with Gasteiger partial charge in [0.05, 0.1) is 13.3 Å². The molecule has 1 unspecified atom stereocenters. The van der Waals surface area contributed by atoms with Gasteiger partial charge in [-0.05, 0) is 6.54 Å². The van der Waals surface area contributed by atoms with E-state index >= 15 is 0 Å². The molecule has 0 aromatic carbocycles. The van der Waals surface area contributed by atoms with Gasteiger partial charge >= 0.3 is 0 Å². The van der Waals surface area contributed by atoms with Crippen molar-refractivity contribution in [3.8, 4) is 0 Å². The van der Waals surface area contributed by atoms with Gasteiger partial charge in [-0.1, -0.05) is 6.92 Å². The fraction of sp³-hybridized carbons (Fsp3) is 1.00. The van der Waals surface area contributed by atoms with E-state index in [1.54, 1.807) is 6.92 Å². The lowest BCUT2D eigenvalue weighted by atomic mass is 10.0. The third kappa shape index (κ3) is 1.73. The quantitative estimate of drug-likeness (QED) is 0.447. The molecule has 0 N–H and O–H groups in total. The Balaban J connectivity index is 2.61. The average molecular weight is 174 g/mol. The number of nitrogens with zero attached hydrogens (tertiary/aromatic N) is 2. The van der Waals surface area contributed by atoms with E-state index in [4.69, 9.17) is 4.74 Å². The zero-order valence-corrected chi connectivity index (χ0v) is 7.45. The van der Waals surface area contributed by atoms with Crippen LogP contribution in [0.3, 0.4) is 0 Å². The highest BCUT2D eigenvalue weighted by Crippen LogP contribution is 2.16. The van der Waals surface area contributed by atoms with Crippen LogP contribution in [0.15, 0.2) is 0 Å². The van der Waals surface area contributed by atoms with Crippen molar-refractivity contribution in [2.75, 3.05) is 26.4 Å². The molecular weight excluding hydrogens is 160 g/mol. The van der Waals surface area contributed by atoms with Crippen LogP contribution in [0.1, 0.15) is 13.8 Å². The molecule has 0 aliphatic carbocycles. The molecule has 70 valence electrons. The molecule has 0 saturated carbocycles. The van der Waals surface area contributed by atoms with Crippen molar-refractivity contribution in [2.24, 2.45) is 0 Å². The van der Waals surface area contributed by atoms with Gasteiger partial charge in [0.2, 0.25) is 0 Å². The van der Waals surface area contributed by atoms with Crippen LogP contribution >= 0.6 is 0 Å². The Labute approximate surface area is 71.4 Å². The number of nitro groups is 1. The van der Waals surface area contributed by atoms with Crippen molar-refractivity contribution in [3.63, 3.8) is 0 Å². The summed E-state index contributed by atoms with van der Waals surface area (Å²) in [6, 6.07) is 0. The largest absolute Gasteiger partial charge is 0.359 e. The first-order valence-corrected chi connectivity index (χ1v) is 4.03. The normalized spacial score (nSPS) is 31.8. The number of ether oxygens (including phenoxy) is 1. The van der Waals surface area contributed by atoms with E-state index in [2.05, 4.69) is 0 Å². The van der Waals surface area contributed by atoms with E-state index in [-0.39, 0.29) is 11.5 Å². The van der Waals surface area contributed by atoms with Crippen molar-refractivity contribution >= 4 is 0 Å². The maximum Gasteiger partial charge on any atom is 0.254 e. The monoisotopic (exact) mass is 174 g/mol. The molecule has 1 fully saturated rings. The molecule has 5 heteroatoms. The Morgan fingerprint density at radius 1 is 1.75 bits per heavy atom. The second kappa shape index (κ2) is 3.37. The van der Waals surface area contributed by atoms with E-state index < -0.39 is 5.54 Å². The first kappa shape index (κ1) is 9.41. The number of hydrogen-bond acceptors (Lipinski definition) is 4. The minimum absolute atomic E-state index is 0.219. The molecule has 1 atom stereocenters. The van der Waals surface area contributed by atoms with Crippen LogP contribution in [0.25, 0.3) is 0 Å². The molecule has 1 heterocycles. The van der Waals surface area contributed by atoms with Gasteiger partial charge in [-0.15, -0.1) is 0 Å². The second-order valence-electron chi connectivity index (χ2n) is 3.38. The standard InChI is InChI=1S/C7H14N2O3/c1-3-8-4-7(2,9(10)11)5-12-6-8/h3-6H2,1-2H3. The van der Waals surface area contributed by atoms with Gasteiger partial charge in [0.25, 0.3) is 5.54 Å². The molecule has 1 aliphatic rings. The van der Waals surface area contributed by atoms with Crippen LogP contribution in [0.5, 0.6) is 0 Å². The summed E-state index contributed by atoms with van der Waals surface area (Å²) < 4.78 is 5.13. The minimum Gasteiger partial charge on any atom is -0.359 e. The molecule has 0 radical (unpaired) electrons. The zero-order valence-electron chi connectivity index (χ0n) is 7.45. The van der Waals surface area contributed by atoms with Gasteiger partial charge in [0, 0.05) is 11.8 Å². The Kier molecular flexibility index (Phi) is 2.64. The Bertz CT molecular complexity index is 185. The van der Waals surface area contributed by atoms with Crippen molar-refractivity contribution in [1.82, 2.24) is 4.90 Å². The van der Waals surface area contributed by atoms with E-state index in [0.717, 1.165) is 6.54 Å². The van der Waals surface area contributed by atoms with Crippen molar-refractivity contribution in [1.29, 1.82) is 0 Å². The maximum atomic E-state index is 10.6. The molecule has 1 saturated heterocycles. The summed E-state index contributed by atoms with van der Waals surface area (Å²) in [6.07, 6.45) is 0. The number of rotatable bonds is 2. The zero-order chi connectivity index (χ0) is 9.19. The lowest BCUT2D eigenvalue weighted by Gasteiger charge is -2.33. The molecule has 0 amide bonds. The first-order valence-electron chi connectivity index (χ1n) is 4.03. The number of hydrogen-bond donors (Lipinski definition) is 0. The van der Waals surface area contributed by atoms with Crippen LogP contribution < -0.4 is 0 Å². The summed E-state index contributed by atoms with van der Waals surface area (Å²) in [6.45, 7) is 5.60. The van der Waals surface area contributed by atoms with E-state index in [0.29, 0.717) is 13.3 Å². The van der Waals surface area contributed by atoms with Crippen LogP contribution in [-0.2, 0) is 4.74 Å². The molecular formula is C7H14N2O3. The molecule has 12 heavy (non-hydrogen) atoms. The molecule has 0 aromatic rings. The fourth-order valence-corrected chi connectivity index (χ4v) is 1.28. The Morgan fingerprint density at radius 3 is 2.92 bits per heavy atom. The third-order valence-electron chi connectivity index (χ3n) is 2.14. The van der Waals surface area contributed by atoms with Gasteiger partial charge in [-0.2, -0.15) is 0 Å². The third-order valence-corrected chi connectivity index (χ3v) is 2.14. The molecule has 5 nitrogen and oxygen atoms in total. The SMILES string of the molecule is CCN1COCC(C)([N+](=O)[O-])C1. The van der Waals surface area contributed by atoms with Gasteiger partial charge in [-0.3, -0.25) is 15.0 Å². The van der Waals surface area contributed by atoms with Gasteiger partial charge in [0.1, 0.15) is 6.61 Å². The van der Waals surface area contributed by atoms with E-state index in [9.17, 15) is 10.1 Å². The summed E-state index contributed by atoms with van der Waals surface area (Å²) in [5.41, 5.74) is -0.922. The summed E-state index contributed by atoms with van der Waals surface area (Å²) >= 11 is 0. The maximum absolute atomic E-state index is 10.6. The van der Waals surface area contributed by atoms with Gasteiger partial charge in [0.15, 0.2) is 0 Å². The molecule has 1 aliphatic heterocycles. The fourth-order valence-electron chi connectivity index (χ4n) is 1.28. The van der Waals surface area contributed by atoms with Gasteiger partial charge < -0.3 is 4.74 Å². The predicted molar refractivity (Wildman–Crippen MR) is 43.5 cm³/mol. The molecule has 0 bridgehead atoms. The van der Waals surface area contributed by atoms with Gasteiger partial charge in [-0.25, -0.2) is 0 Å². The summed E-state index contributed by atoms with van der Waals surface area (Å²) in [7, 11) is 0. The Morgan fingerprint density at radius 2 is 2.42 bits per heavy atom. The van der Waals surface area contributed by atoms with Crippen molar-refractivity contribution in [2.45, 2.75) is 19.4 Å². The summed E-state index contributed by atoms with van der Waals surface area (Å²) in [4.78, 5) is 12.3.